The molecular formula is C25H30BrN3O3S2. The van der Waals surface area contributed by atoms with E-state index in [1.165, 1.54) is 5.56 Å². The van der Waals surface area contributed by atoms with E-state index in [0.717, 1.165) is 65.3 Å². The minimum atomic E-state index is -3.53. The number of aromatic nitrogens is 2. The van der Waals surface area contributed by atoms with Crippen LogP contribution in [0.3, 0.4) is 0 Å². The summed E-state index contributed by atoms with van der Waals surface area (Å²) in [5.41, 5.74) is 2.89. The van der Waals surface area contributed by atoms with Crippen molar-refractivity contribution in [1.82, 2.24) is 13.9 Å². The maximum absolute atomic E-state index is 13.4. The topological polar surface area (TPSA) is 64.4 Å². The number of hydrogen-bond acceptors (Lipinski definition) is 5. The van der Waals surface area contributed by atoms with E-state index in [9.17, 15) is 8.42 Å². The van der Waals surface area contributed by atoms with Crippen molar-refractivity contribution < 1.29 is 13.2 Å². The molecule has 2 fully saturated rings. The predicted molar refractivity (Wildman–Crippen MR) is 140 cm³/mol. The summed E-state index contributed by atoms with van der Waals surface area (Å²) in [6, 6.07) is 13.7. The summed E-state index contributed by atoms with van der Waals surface area (Å²) in [5.74, 6) is 1.17. The molecule has 6 nitrogen and oxygen atoms in total. The fraction of sp³-hybridized carbons (Fsp3) is 0.480. The number of benzene rings is 2. The molecule has 2 aliphatic rings. The SMILES string of the molecule is C[C@@H]1CCCN(S(=O)(=O)c2ccc3c(c2)nc(SCc2cccc(Br)c2)n3C[C@@H]2CCCO2)C1. The fourth-order valence-corrected chi connectivity index (χ4v) is 7.85. The molecule has 0 amide bonds. The summed E-state index contributed by atoms with van der Waals surface area (Å²) in [6.45, 7) is 4.82. The van der Waals surface area contributed by atoms with E-state index in [0.29, 0.717) is 23.9 Å². The molecule has 0 spiro atoms. The molecule has 2 aliphatic heterocycles. The Kier molecular flexibility index (Phi) is 7.37. The Morgan fingerprint density at radius 2 is 2.06 bits per heavy atom. The minimum absolute atomic E-state index is 0.167. The molecule has 1 aromatic heterocycles. The Morgan fingerprint density at radius 1 is 1.18 bits per heavy atom. The van der Waals surface area contributed by atoms with Crippen LogP contribution in [0.2, 0.25) is 0 Å². The third-order valence-electron chi connectivity index (χ3n) is 6.61. The van der Waals surface area contributed by atoms with Gasteiger partial charge in [0, 0.05) is 29.9 Å². The van der Waals surface area contributed by atoms with E-state index in [-0.39, 0.29) is 6.10 Å². The van der Waals surface area contributed by atoms with E-state index < -0.39 is 10.0 Å². The number of imidazole rings is 1. The number of hydrogen-bond donors (Lipinski definition) is 0. The molecule has 9 heteroatoms. The van der Waals surface area contributed by atoms with E-state index in [1.807, 2.05) is 18.2 Å². The largest absolute Gasteiger partial charge is 0.376 e. The van der Waals surface area contributed by atoms with Gasteiger partial charge >= 0.3 is 0 Å². The lowest BCUT2D eigenvalue weighted by molar-refractivity contribution is 0.0960. The molecule has 2 saturated heterocycles. The lowest BCUT2D eigenvalue weighted by atomic mass is 10.0. The van der Waals surface area contributed by atoms with Crippen molar-refractivity contribution in [2.75, 3.05) is 19.7 Å². The van der Waals surface area contributed by atoms with Crippen LogP contribution in [0.4, 0.5) is 0 Å². The van der Waals surface area contributed by atoms with E-state index >= 15 is 0 Å². The third kappa shape index (κ3) is 5.23. The molecule has 182 valence electrons. The highest BCUT2D eigenvalue weighted by Gasteiger charge is 2.29. The predicted octanol–water partition coefficient (Wildman–Crippen LogP) is 5.69. The van der Waals surface area contributed by atoms with E-state index in [2.05, 4.69) is 39.6 Å². The zero-order chi connectivity index (χ0) is 23.7. The molecule has 0 bridgehead atoms. The molecule has 2 aromatic carbocycles. The first-order valence-electron chi connectivity index (χ1n) is 11.9. The van der Waals surface area contributed by atoms with Crippen LogP contribution in [-0.2, 0) is 27.1 Å². The van der Waals surface area contributed by atoms with Crippen LogP contribution in [0.15, 0.2) is 57.0 Å². The van der Waals surface area contributed by atoms with Gasteiger partial charge in [0.05, 0.1) is 28.6 Å². The van der Waals surface area contributed by atoms with Gasteiger partial charge in [0.15, 0.2) is 5.16 Å². The number of piperidine rings is 1. The second-order valence-electron chi connectivity index (χ2n) is 9.32. The van der Waals surface area contributed by atoms with Crippen LogP contribution in [0, 0.1) is 5.92 Å². The number of nitrogens with zero attached hydrogens (tertiary/aromatic N) is 3. The van der Waals surface area contributed by atoms with Crippen LogP contribution in [0.1, 0.15) is 38.2 Å². The average Bonchev–Trinajstić information content (AvgIpc) is 3.46. The molecule has 0 N–H and O–H groups in total. The quantitative estimate of drug-likeness (QED) is 0.345. The zero-order valence-electron chi connectivity index (χ0n) is 19.3. The summed E-state index contributed by atoms with van der Waals surface area (Å²) in [6.07, 6.45) is 4.27. The van der Waals surface area contributed by atoms with Crippen molar-refractivity contribution in [3.05, 3.63) is 52.5 Å². The summed E-state index contributed by atoms with van der Waals surface area (Å²) in [7, 11) is -3.53. The Bertz CT molecular complexity index is 1270. The third-order valence-corrected chi connectivity index (χ3v) is 10.0. The van der Waals surface area contributed by atoms with Crippen molar-refractivity contribution >= 4 is 48.7 Å². The lowest BCUT2D eigenvalue weighted by Crippen LogP contribution is -2.39. The van der Waals surface area contributed by atoms with Gasteiger partial charge in [0.25, 0.3) is 0 Å². The Labute approximate surface area is 214 Å². The summed E-state index contributed by atoms with van der Waals surface area (Å²) < 4.78 is 37.5. The normalized spacial score (nSPS) is 21.9. The molecule has 0 saturated carbocycles. The van der Waals surface area contributed by atoms with Crippen LogP contribution in [-0.4, -0.2) is 48.1 Å². The fourth-order valence-electron chi connectivity index (χ4n) is 4.81. The Hall–Kier alpha value is -1.39. The van der Waals surface area contributed by atoms with Crippen molar-refractivity contribution in [3.63, 3.8) is 0 Å². The van der Waals surface area contributed by atoms with Gasteiger partial charge in [-0.05, 0) is 67.5 Å². The van der Waals surface area contributed by atoms with Gasteiger partial charge in [-0.2, -0.15) is 4.31 Å². The highest BCUT2D eigenvalue weighted by atomic mass is 79.9. The molecular weight excluding hydrogens is 534 g/mol. The molecule has 0 unspecified atom stereocenters. The van der Waals surface area contributed by atoms with Gasteiger partial charge in [-0.25, -0.2) is 13.4 Å². The highest BCUT2D eigenvalue weighted by Crippen LogP contribution is 2.32. The Balaban J connectivity index is 1.47. The molecule has 2 atom stereocenters. The second-order valence-corrected chi connectivity index (χ2v) is 13.1. The van der Waals surface area contributed by atoms with Crippen molar-refractivity contribution in [1.29, 1.82) is 0 Å². The monoisotopic (exact) mass is 563 g/mol. The summed E-state index contributed by atoms with van der Waals surface area (Å²) in [5, 5.41) is 0.895. The maximum atomic E-state index is 13.4. The number of fused-ring (bicyclic) bond motifs is 1. The number of thioether (sulfide) groups is 1. The first-order chi connectivity index (χ1) is 16.4. The number of halogens is 1. The highest BCUT2D eigenvalue weighted by molar-refractivity contribution is 9.10. The second kappa shape index (κ2) is 10.3. The van der Waals surface area contributed by atoms with Crippen LogP contribution in [0.5, 0.6) is 0 Å². The first kappa shape index (κ1) is 24.3. The molecule has 0 aliphatic carbocycles. The molecule has 3 heterocycles. The molecule has 3 aromatic rings. The van der Waals surface area contributed by atoms with Gasteiger partial charge in [-0.15, -0.1) is 0 Å². The van der Waals surface area contributed by atoms with Crippen LogP contribution in [0.25, 0.3) is 11.0 Å². The lowest BCUT2D eigenvalue weighted by Gasteiger charge is -2.30. The maximum Gasteiger partial charge on any atom is 0.243 e. The zero-order valence-corrected chi connectivity index (χ0v) is 22.5. The van der Waals surface area contributed by atoms with Crippen LogP contribution < -0.4 is 0 Å². The molecule has 5 rings (SSSR count). The van der Waals surface area contributed by atoms with E-state index in [4.69, 9.17) is 9.72 Å². The van der Waals surface area contributed by atoms with Crippen molar-refractivity contribution in [3.8, 4) is 0 Å². The van der Waals surface area contributed by atoms with Gasteiger partial charge in [-0.1, -0.05) is 46.7 Å². The standard InChI is InChI=1S/C25H30BrN3O3S2/c1-18-5-3-11-28(15-18)34(30,31)22-9-10-24-23(14-22)27-25(29(24)16-21-8-4-12-32-21)33-17-19-6-2-7-20(26)13-19/h2,6-7,9-10,13-14,18,21H,3-5,8,11-12,15-17H2,1H3/t18-,21+/m1/s1. The van der Waals surface area contributed by atoms with Gasteiger partial charge in [-0.3, -0.25) is 0 Å². The number of sulfonamides is 1. The number of rotatable bonds is 7. The average molecular weight is 565 g/mol. The van der Waals surface area contributed by atoms with Crippen molar-refractivity contribution in [2.24, 2.45) is 5.92 Å². The molecule has 34 heavy (non-hydrogen) atoms. The number of ether oxygens (including phenoxy) is 1. The van der Waals surface area contributed by atoms with Gasteiger partial charge < -0.3 is 9.30 Å². The summed E-state index contributed by atoms with van der Waals surface area (Å²) >= 11 is 5.22. The summed E-state index contributed by atoms with van der Waals surface area (Å²) in [4.78, 5) is 5.23. The first-order valence-corrected chi connectivity index (χ1v) is 15.1. The van der Waals surface area contributed by atoms with Crippen molar-refractivity contribution in [2.45, 2.75) is 61.1 Å². The minimum Gasteiger partial charge on any atom is -0.376 e. The molecule has 0 radical (unpaired) electrons. The van der Waals surface area contributed by atoms with Gasteiger partial charge in [0.1, 0.15) is 0 Å². The smallest absolute Gasteiger partial charge is 0.243 e. The Morgan fingerprint density at radius 3 is 2.82 bits per heavy atom. The van der Waals surface area contributed by atoms with E-state index in [1.54, 1.807) is 28.2 Å². The van der Waals surface area contributed by atoms with Crippen LogP contribution >= 0.6 is 27.7 Å². The van der Waals surface area contributed by atoms with Gasteiger partial charge in [0.2, 0.25) is 10.0 Å².